The minimum atomic E-state index is -0.252. The maximum absolute atomic E-state index is 12.1. The van der Waals surface area contributed by atoms with Crippen LogP contribution in [0.25, 0.3) is 0 Å². The fourth-order valence-corrected chi connectivity index (χ4v) is 2.05. The van der Waals surface area contributed by atoms with Crippen molar-refractivity contribution < 1.29 is 4.79 Å². The molecule has 118 valence electrons. The minimum Gasteiger partial charge on any atom is -0.322 e. The number of carbonyl (C=O) groups excluding carboxylic acids is 1. The van der Waals surface area contributed by atoms with Gasteiger partial charge in [-0.1, -0.05) is 29.8 Å². The second-order valence-electron chi connectivity index (χ2n) is 4.91. The molecule has 24 heavy (non-hydrogen) atoms. The van der Waals surface area contributed by atoms with E-state index in [0.29, 0.717) is 22.1 Å². The van der Waals surface area contributed by atoms with E-state index in [2.05, 4.69) is 20.5 Å². The van der Waals surface area contributed by atoms with Gasteiger partial charge in [-0.05, 0) is 48.5 Å². The Bertz CT molecular complexity index is 846. The number of halogens is 1. The molecule has 0 aliphatic heterocycles. The highest BCUT2D eigenvalue weighted by Crippen LogP contribution is 2.20. The molecule has 0 spiro atoms. The second-order valence-corrected chi connectivity index (χ2v) is 5.29. The second kappa shape index (κ2) is 7.48. The molecule has 0 saturated carbocycles. The third kappa shape index (κ3) is 4.24. The van der Waals surface area contributed by atoms with Gasteiger partial charge in [0.05, 0.1) is 16.9 Å². The molecule has 0 atom stereocenters. The van der Waals surface area contributed by atoms with Gasteiger partial charge in [0, 0.05) is 11.9 Å². The Morgan fingerprint density at radius 1 is 0.875 bits per heavy atom. The summed E-state index contributed by atoms with van der Waals surface area (Å²) in [7, 11) is 0. The predicted molar refractivity (Wildman–Crippen MR) is 94.3 cm³/mol. The van der Waals surface area contributed by atoms with Gasteiger partial charge in [0.25, 0.3) is 5.91 Å². The highest BCUT2D eigenvalue weighted by Gasteiger charge is 2.06. The fourth-order valence-electron chi connectivity index (χ4n) is 1.93. The summed E-state index contributed by atoms with van der Waals surface area (Å²) in [6.07, 6.45) is 1.43. The Morgan fingerprint density at radius 3 is 2.17 bits per heavy atom. The Kier molecular flexibility index (Phi) is 4.93. The molecule has 1 amide bonds. The van der Waals surface area contributed by atoms with E-state index in [4.69, 9.17) is 11.6 Å². The van der Waals surface area contributed by atoms with Crippen LogP contribution in [0.1, 0.15) is 10.4 Å². The van der Waals surface area contributed by atoms with Crippen molar-refractivity contribution >= 4 is 34.6 Å². The Morgan fingerprint density at radius 2 is 1.54 bits per heavy atom. The van der Waals surface area contributed by atoms with Crippen LogP contribution in [0.2, 0.25) is 5.15 Å². The SMILES string of the molecule is O=C(Nc1ccc(N=Nc2ccccc2)cc1)c1ccc(Cl)nc1. The van der Waals surface area contributed by atoms with Gasteiger partial charge in [-0.25, -0.2) is 4.98 Å². The first kappa shape index (κ1) is 15.8. The molecule has 2 aromatic carbocycles. The van der Waals surface area contributed by atoms with Crippen LogP contribution in [0.15, 0.2) is 83.2 Å². The van der Waals surface area contributed by atoms with Crippen LogP contribution in [0.5, 0.6) is 0 Å². The number of hydrogen-bond donors (Lipinski definition) is 1. The van der Waals surface area contributed by atoms with Crippen molar-refractivity contribution in [3.05, 3.63) is 83.6 Å². The summed E-state index contributed by atoms with van der Waals surface area (Å²) in [6.45, 7) is 0. The summed E-state index contributed by atoms with van der Waals surface area (Å²) >= 11 is 5.71. The summed E-state index contributed by atoms with van der Waals surface area (Å²) in [4.78, 5) is 16.0. The lowest BCUT2D eigenvalue weighted by molar-refractivity contribution is 0.102. The summed E-state index contributed by atoms with van der Waals surface area (Å²) in [5.74, 6) is -0.252. The van der Waals surface area contributed by atoms with Crippen molar-refractivity contribution in [2.45, 2.75) is 0 Å². The molecule has 0 unspecified atom stereocenters. The van der Waals surface area contributed by atoms with E-state index in [-0.39, 0.29) is 5.91 Å². The lowest BCUT2D eigenvalue weighted by Gasteiger charge is -2.05. The Labute approximate surface area is 144 Å². The summed E-state index contributed by atoms with van der Waals surface area (Å²) in [6, 6.07) is 19.8. The number of nitrogens with one attached hydrogen (secondary N) is 1. The van der Waals surface area contributed by atoms with E-state index in [1.807, 2.05) is 30.3 Å². The van der Waals surface area contributed by atoms with Crippen LogP contribution >= 0.6 is 11.6 Å². The van der Waals surface area contributed by atoms with Gasteiger partial charge in [0.2, 0.25) is 0 Å². The zero-order chi connectivity index (χ0) is 16.8. The first-order valence-electron chi connectivity index (χ1n) is 7.20. The van der Waals surface area contributed by atoms with E-state index in [9.17, 15) is 4.79 Å². The molecule has 0 aliphatic carbocycles. The van der Waals surface area contributed by atoms with Gasteiger partial charge in [-0.15, -0.1) is 0 Å². The van der Waals surface area contributed by atoms with Crippen molar-refractivity contribution in [1.29, 1.82) is 0 Å². The van der Waals surface area contributed by atoms with E-state index in [1.54, 1.807) is 36.4 Å². The van der Waals surface area contributed by atoms with Crippen molar-refractivity contribution in [3.8, 4) is 0 Å². The van der Waals surface area contributed by atoms with Crippen molar-refractivity contribution in [2.24, 2.45) is 10.2 Å². The third-order valence-corrected chi connectivity index (χ3v) is 3.38. The lowest BCUT2D eigenvalue weighted by Crippen LogP contribution is -2.11. The van der Waals surface area contributed by atoms with Crippen LogP contribution < -0.4 is 5.32 Å². The van der Waals surface area contributed by atoms with Crippen LogP contribution in [-0.2, 0) is 0 Å². The van der Waals surface area contributed by atoms with Crippen LogP contribution in [0.3, 0.4) is 0 Å². The first-order chi connectivity index (χ1) is 11.7. The maximum Gasteiger partial charge on any atom is 0.257 e. The highest BCUT2D eigenvalue weighted by atomic mass is 35.5. The minimum absolute atomic E-state index is 0.252. The number of aromatic nitrogens is 1. The number of rotatable bonds is 4. The zero-order valence-corrected chi connectivity index (χ0v) is 13.3. The highest BCUT2D eigenvalue weighted by molar-refractivity contribution is 6.29. The number of azo groups is 1. The smallest absolute Gasteiger partial charge is 0.257 e. The molecule has 1 heterocycles. The van der Waals surface area contributed by atoms with E-state index in [0.717, 1.165) is 5.69 Å². The van der Waals surface area contributed by atoms with Gasteiger partial charge in [0.15, 0.2) is 0 Å². The van der Waals surface area contributed by atoms with E-state index >= 15 is 0 Å². The van der Waals surface area contributed by atoms with E-state index < -0.39 is 0 Å². The van der Waals surface area contributed by atoms with Crippen molar-refractivity contribution in [2.75, 3.05) is 5.32 Å². The largest absolute Gasteiger partial charge is 0.322 e. The normalized spacial score (nSPS) is 10.7. The number of amides is 1. The number of hydrogen-bond acceptors (Lipinski definition) is 4. The maximum atomic E-state index is 12.1. The van der Waals surface area contributed by atoms with Gasteiger partial charge < -0.3 is 5.32 Å². The molecule has 3 aromatic rings. The zero-order valence-electron chi connectivity index (χ0n) is 12.6. The molecule has 0 radical (unpaired) electrons. The predicted octanol–water partition coefficient (Wildman–Crippen LogP) is 5.40. The average molecular weight is 337 g/mol. The van der Waals surface area contributed by atoms with Crippen molar-refractivity contribution in [3.63, 3.8) is 0 Å². The van der Waals surface area contributed by atoms with Crippen LogP contribution in [-0.4, -0.2) is 10.9 Å². The number of pyridine rings is 1. The molecular formula is C18H13ClN4O. The quantitative estimate of drug-likeness (QED) is 0.511. The van der Waals surface area contributed by atoms with Gasteiger partial charge in [0.1, 0.15) is 5.15 Å². The first-order valence-corrected chi connectivity index (χ1v) is 7.58. The summed E-state index contributed by atoms with van der Waals surface area (Å²) < 4.78 is 0. The fraction of sp³-hybridized carbons (Fsp3) is 0. The van der Waals surface area contributed by atoms with Crippen LogP contribution in [0.4, 0.5) is 17.1 Å². The molecule has 6 heteroatoms. The summed E-state index contributed by atoms with van der Waals surface area (Å²) in [5, 5.41) is 11.4. The Balaban J connectivity index is 1.65. The van der Waals surface area contributed by atoms with Gasteiger partial charge in [-0.3, -0.25) is 4.79 Å². The Hall–Kier alpha value is -3.05. The number of benzene rings is 2. The molecule has 0 bridgehead atoms. The molecule has 0 fully saturated rings. The monoisotopic (exact) mass is 336 g/mol. The number of anilines is 1. The number of nitrogens with zero attached hydrogens (tertiary/aromatic N) is 3. The standard InChI is InChI=1S/C18H13ClN4O/c19-17-11-6-13(12-20-17)18(24)21-14-7-9-16(10-8-14)23-22-15-4-2-1-3-5-15/h1-12H,(H,21,24). The molecule has 1 N–H and O–H groups in total. The summed E-state index contributed by atoms with van der Waals surface area (Å²) in [5.41, 5.74) is 2.58. The molecule has 3 rings (SSSR count). The average Bonchev–Trinajstić information content (AvgIpc) is 2.62. The molecule has 1 aromatic heterocycles. The topological polar surface area (TPSA) is 66.7 Å². The van der Waals surface area contributed by atoms with Gasteiger partial charge in [-0.2, -0.15) is 10.2 Å². The molecule has 0 saturated heterocycles. The van der Waals surface area contributed by atoms with Crippen molar-refractivity contribution in [1.82, 2.24) is 4.98 Å². The van der Waals surface area contributed by atoms with E-state index in [1.165, 1.54) is 6.20 Å². The lowest BCUT2D eigenvalue weighted by atomic mass is 10.2. The molecular weight excluding hydrogens is 324 g/mol. The number of carbonyl (C=O) groups is 1. The van der Waals surface area contributed by atoms with Gasteiger partial charge >= 0.3 is 0 Å². The van der Waals surface area contributed by atoms with Crippen LogP contribution in [0, 0.1) is 0 Å². The molecule has 0 aliphatic rings. The molecule has 5 nitrogen and oxygen atoms in total. The third-order valence-electron chi connectivity index (χ3n) is 3.15.